The van der Waals surface area contributed by atoms with Gasteiger partial charge in [-0.2, -0.15) is 0 Å². The fourth-order valence-electron chi connectivity index (χ4n) is 9.19. The molecule has 8 aromatic rings. The summed E-state index contributed by atoms with van der Waals surface area (Å²) in [6.07, 6.45) is 8.19. The molecule has 1 unspecified atom stereocenters. The van der Waals surface area contributed by atoms with Crippen LogP contribution < -0.4 is 0 Å². The minimum Gasteiger partial charge on any atom is -0.673 e. The molecule has 0 fully saturated rings. The van der Waals surface area contributed by atoms with E-state index in [1.165, 1.54) is 76.8 Å². The molecule has 1 aromatic heterocycles. The Hall–Kier alpha value is -6.25. The maximum atomic E-state index is 5.14. The zero-order valence-electron chi connectivity index (χ0n) is 26.6. The molecule has 0 saturated heterocycles. The monoisotopic (exact) mass is 621 g/mol. The van der Waals surface area contributed by atoms with Crippen LogP contribution in [0.1, 0.15) is 39.6 Å². The van der Waals surface area contributed by atoms with Crippen molar-refractivity contribution in [2.45, 2.75) is 11.5 Å². The summed E-state index contributed by atoms with van der Waals surface area (Å²) in [5.41, 5.74) is 13.4. The van der Waals surface area contributed by atoms with Crippen molar-refractivity contribution in [3.63, 3.8) is 0 Å². The minimum absolute atomic E-state index is 0.0947. The van der Waals surface area contributed by atoms with Crippen LogP contribution in [0.2, 0.25) is 0 Å². The van der Waals surface area contributed by atoms with Crippen molar-refractivity contribution in [2.24, 2.45) is 0 Å². The van der Waals surface area contributed by atoms with E-state index in [0.29, 0.717) is 0 Å². The van der Waals surface area contributed by atoms with Gasteiger partial charge in [0.15, 0.2) is 0 Å². The summed E-state index contributed by atoms with van der Waals surface area (Å²) in [5.74, 6) is 0. The topological polar surface area (TPSA) is 27.0 Å². The summed E-state index contributed by atoms with van der Waals surface area (Å²) < 4.78 is 0. The van der Waals surface area contributed by atoms with E-state index in [4.69, 9.17) is 5.32 Å². The molecule has 1 aliphatic heterocycles. The van der Waals surface area contributed by atoms with E-state index in [1.54, 1.807) is 0 Å². The highest BCUT2D eigenvalue weighted by atomic mass is 15.0. The third kappa shape index (κ3) is 3.48. The van der Waals surface area contributed by atoms with Crippen LogP contribution in [0, 0.1) is 0 Å². The molecule has 2 heterocycles. The lowest BCUT2D eigenvalue weighted by Gasteiger charge is -2.36. The molecule has 0 amide bonds. The summed E-state index contributed by atoms with van der Waals surface area (Å²) in [6.45, 7) is 0. The molecule has 2 heteroatoms. The zero-order chi connectivity index (χ0) is 32.1. The van der Waals surface area contributed by atoms with Gasteiger partial charge < -0.3 is 5.32 Å². The highest BCUT2D eigenvalue weighted by Crippen LogP contribution is 2.66. The highest BCUT2D eigenvalue weighted by molar-refractivity contribution is 6.21. The fraction of sp³-hybridized carbons (Fsp3) is 0.0426. The molecule has 2 nitrogen and oxygen atoms in total. The second-order valence-corrected chi connectivity index (χ2v) is 13.4. The van der Waals surface area contributed by atoms with Gasteiger partial charge in [-0.3, -0.25) is 4.98 Å². The normalized spacial score (nSPS) is 16.3. The Kier molecular flexibility index (Phi) is 5.40. The van der Waals surface area contributed by atoms with Gasteiger partial charge in [0, 0.05) is 11.9 Å². The molecule has 0 bridgehead atoms. The summed E-state index contributed by atoms with van der Waals surface area (Å²) in [6, 6.07) is 53.8. The summed E-state index contributed by atoms with van der Waals surface area (Å²) in [5, 5.41) is 12.9. The van der Waals surface area contributed by atoms with Crippen LogP contribution in [0.15, 0.2) is 170 Å². The molecule has 7 aromatic carbocycles. The van der Waals surface area contributed by atoms with Gasteiger partial charge in [0.25, 0.3) is 0 Å². The van der Waals surface area contributed by atoms with Gasteiger partial charge >= 0.3 is 0 Å². The van der Waals surface area contributed by atoms with E-state index in [2.05, 4.69) is 151 Å². The Labute approximate surface area is 284 Å². The zero-order valence-corrected chi connectivity index (χ0v) is 26.6. The molecular formula is C47H29N2-. The number of nitrogens with zero attached hydrogens (tertiary/aromatic N) is 2. The third-order valence-corrected chi connectivity index (χ3v) is 11.0. The van der Waals surface area contributed by atoms with Crippen molar-refractivity contribution in [3.8, 4) is 22.3 Å². The van der Waals surface area contributed by atoms with E-state index in [0.717, 1.165) is 17.0 Å². The van der Waals surface area contributed by atoms with Gasteiger partial charge in [0.05, 0.1) is 5.41 Å². The largest absolute Gasteiger partial charge is 0.673 e. The first-order valence-corrected chi connectivity index (χ1v) is 17.0. The Morgan fingerprint density at radius 3 is 1.96 bits per heavy atom. The van der Waals surface area contributed by atoms with Crippen LogP contribution in [0.25, 0.3) is 65.6 Å². The molecule has 0 N–H and O–H groups in total. The van der Waals surface area contributed by atoms with Crippen molar-refractivity contribution in [3.05, 3.63) is 209 Å². The van der Waals surface area contributed by atoms with Crippen LogP contribution in [0.3, 0.4) is 0 Å². The second-order valence-electron chi connectivity index (χ2n) is 13.4. The number of hydrogen-bond donors (Lipinski definition) is 0. The lowest BCUT2D eigenvalue weighted by molar-refractivity contribution is 0.809. The molecule has 0 radical (unpaired) electrons. The van der Waals surface area contributed by atoms with Crippen LogP contribution in [0.4, 0.5) is 0 Å². The number of pyridine rings is 1. The van der Waals surface area contributed by atoms with Crippen LogP contribution in [-0.4, -0.2) is 4.98 Å². The first-order valence-electron chi connectivity index (χ1n) is 17.0. The number of benzene rings is 7. The average Bonchev–Trinajstić information content (AvgIpc) is 3.66. The molecule has 49 heavy (non-hydrogen) atoms. The molecule has 0 saturated carbocycles. The number of hydrogen-bond acceptors (Lipinski definition) is 1. The standard InChI is InChI=1S/C47H29N2/c1-3-16-36-32(12-1)33-13-2-4-17-37(33)46-44(36)38-26-23-29-28-30(41-21-11-22-43(49-41)42-20-9-10-27-48-42)24-25-31(29)45(38)47(46)39-18-7-5-14-34(39)35-15-6-8-19-40(35)47/h1-28,43H/q-1. The molecule has 228 valence electrons. The molecule has 11 rings (SSSR count). The van der Waals surface area contributed by atoms with Crippen molar-refractivity contribution < 1.29 is 0 Å². The van der Waals surface area contributed by atoms with E-state index in [-0.39, 0.29) is 6.04 Å². The molecule has 1 atom stereocenters. The lowest BCUT2D eigenvalue weighted by atomic mass is 9.68. The van der Waals surface area contributed by atoms with Gasteiger partial charge in [-0.15, -0.1) is 5.70 Å². The van der Waals surface area contributed by atoms with Gasteiger partial charge in [0.1, 0.15) is 0 Å². The van der Waals surface area contributed by atoms with Crippen molar-refractivity contribution in [1.29, 1.82) is 0 Å². The third-order valence-electron chi connectivity index (χ3n) is 11.0. The fourth-order valence-corrected chi connectivity index (χ4v) is 9.19. The molecular weight excluding hydrogens is 593 g/mol. The first kappa shape index (κ1) is 26.8. The molecule has 1 spiro atoms. The number of aromatic nitrogens is 1. The molecule has 2 aliphatic carbocycles. The minimum atomic E-state index is -0.468. The van der Waals surface area contributed by atoms with Crippen molar-refractivity contribution >= 4 is 38.0 Å². The van der Waals surface area contributed by atoms with Gasteiger partial charge in [0.2, 0.25) is 0 Å². The van der Waals surface area contributed by atoms with Crippen LogP contribution >= 0.6 is 0 Å². The van der Waals surface area contributed by atoms with Gasteiger partial charge in [-0.1, -0.05) is 152 Å². The second kappa shape index (κ2) is 9.88. The Balaban J connectivity index is 1.23. The highest BCUT2D eigenvalue weighted by Gasteiger charge is 2.53. The average molecular weight is 622 g/mol. The Bertz CT molecular complexity index is 2710. The first-order chi connectivity index (χ1) is 24.3. The van der Waals surface area contributed by atoms with E-state index < -0.39 is 5.41 Å². The van der Waals surface area contributed by atoms with Crippen LogP contribution in [-0.2, 0) is 5.41 Å². The predicted molar refractivity (Wildman–Crippen MR) is 203 cm³/mol. The number of rotatable bonds is 2. The van der Waals surface area contributed by atoms with Gasteiger partial charge in [-0.05, 0) is 101 Å². The summed E-state index contributed by atoms with van der Waals surface area (Å²) in [4.78, 5) is 4.59. The summed E-state index contributed by atoms with van der Waals surface area (Å²) in [7, 11) is 0. The Morgan fingerprint density at radius 2 is 1.20 bits per heavy atom. The Morgan fingerprint density at radius 1 is 0.531 bits per heavy atom. The van der Waals surface area contributed by atoms with E-state index in [1.807, 2.05) is 24.4 Å². The lowest BCUT2D eigenvalue weighted by Crippen LogP contribution is -2.26. The predicted octanol–water partition coefficient (Wildman–Crippen LogP) is 11.9. The smallest absolute Gasteiger partial charge is 0.0737 e. The maximum Gasteiger partial charge on any atom is 0.0737 e. The quantitative estimate of drug-likeness (QED) is 0.176. The molecule has 3 aliphatic rings. The van der Waals surface area contributed by atoms with Crippen molar-refractivity contribution in [2.75, 3.05) is 0 Å². The van der Waals surface area contributed by atoms with Gasteiger partial charge in [-0.25, -0.2) is 0 Å². The number of allylic oxidation sites excluding steroid dienone is 2. The number of fused-ring (bicyclic) bond motifs is 17. The van der Waals surface area contributed by atoms with E-state index in [9.17, 15) is 0 Å². The SMILES string of the molecule is C1=CC(c2ccccn2)[N-]C(c2ccc3c4c(ccc3c2)-c2c(c3ccccc3c3ccccc23)C42c3ccccc3-c3ccccc32)=C1. The van der Waals surface area contributed by atoms with Crippen LogP contribution in [0.5, 0.6) is 0 Å². The summed E-state index contributed by atoms with van der Waals surface area (Å²) >= 11 is 0. The van der Waals surface area contributed by atoms with E-state index >= 15 is 0 Å². The maximum absolute atomic E-state index is 5.14. The van der Waals surface area contributed by atoms with Crippen molar-refractivity contribution in [1.82, 2.24) is 4.98 Å².